The van der Waals surface area contributed by atoms with Crippen LogP contribution in [0.3, 0.4) is 0 Å². The number of azo groups is 2. The third-order valence-electron chi connectivity index (χ3n) is 5.00. The molecule has 7 N–H and O–H groups in total. The lowest BCUT2D eigenvalue weighted by atomic mass is 10.2. The van der Waals surface area contributed by atoms with Crippen LogP contribution in [0.4, 0.5) is 34.1 Å². The van der Waals surface area contributed by atoms with E-state index in [1.807, 2.05) is 0 Å². The molecule has 3 rings (SSSR count). The molecular formula is C20H20N6O12S4. The summed E-state index contributed by atoms with van der Waals surface area (Å²) >= 11 is 0. The molecule has 0 aliphatic carbocycles. The van der Waals surface area contributed by atoms with E-state index >= 15 is 0 Å². The fraction of sp³-hybridized carbons (Fsp3) is 0.100. The molecule has 0 radical (unpaired) electrons. The number of rotatable bonds is 11. The monoisotopic (exact) mass is 664 g/mol. The van der Waals surface area contributed by atoms with Crippen molar-refractivity contribution < 1.29 is 51.5 Å². The number of nitrogens with two attached hydrogens (primary N) is 2. The smallest absolute Gasteiger partial charge is 0.397 e. The summed E-state index contributed by atoms with van der Waals surface area (Å²) in [5, 5.41) is 15.3. The molecule has 22 heteroatoms. The van der Waals surface area contributed by atoms with Crippen molar-refractivity contribution in [1.29, 1.82) is 0 Å². The normalized spacial score (nSPS) is 13.2. The minimum Gasteiger partial charge on any atom is -0.397 e. The molecular weight excluding hydrogens is 645 g/mol. The lowest BCUT2D eigenvalue weighted by Gasteiger charge is -2.06. The minimum atomic E-state index is -4.88. The number of benzene rings is 3. The molecule has 18 nitrogen and oxygen atoms in total. The average Bonchev–Trinajstić information content (AvgIpc) is 2.85. The number of nitrogen functional groups attached to an aromatic ring is 2. The predicted molar refractivity (Wildman–Crippen MR) is 146 cm³/mol. The molecule has 3 aromatic rings. The number of hydrogen-bond donors (Lipinski definition) is 5. The van der Waals surface area contributed by atoms with Crippen LogP contribution in [-0.2, 0) is 44.7 Å². The van der Waals surface area contributed by atoms with Crippen LogP contribution in [0.5, 0.6) is 0 Å². The van der Waals surface area contributed by atoms with Crippen LogP contribution in [-0.4, -0.2) is 59.7 Å². The maximum absolute atomic E-state index is 12.3. The first-order chi connectivity index (χ1) is 19.3. The van der Waals surface area contributed by atoms with Gasteiger partial charge in [-0.05, 0) is 54.6 Å². The Labute approximate surface area is 239 Å². The van der Waals surface area contributed by atoms with Crippen molar-refractivity contribution in [2.24, 2.45) is 20.5 Å². The molecule has 0 atom stereocenters. The van der Waals surface area contributed by atoms with Gasteiger partial charge in [0.05, 0.1) is 39.2 Å². The van der Waals surface area contributed by atoms with Gasteiger partial charge in [-0.25, -0.2) is 12.6 Å². The molecule has 0 aliphatic rings. The van der Waals surface area contributed by atoms with Gasteiger partial charge in [0, 0.05) is 0 Å². The highest BCUT2D eigenvalue weighted by atomic mass is 32.3. The second kappa shape index (κ2) is 12.1. The Balaban J connectivity index is 1.88. The average molecular weight is 665 g/mol. The second-order valence-electron chi connectivity index (χ2n) is 8.01. The van der Waals surface area contributed by atoms with Crippen molar-refractivity contribution in [3.8, 4) is 0 Å². The maximum atomic E-state index is 12.3. The first-order valence-electron chi connectivity index (χ1n) is 10.8. The summed E-state index contributed by atoms with van der Waals surface area (Å²) in [5.74, 6) is -0.737. The topological polar surface area (TPSA) is 308 Å². The van der Waals surface area contributed by atoms with Gasteiger partial charge in [0.25, 0.3) is 20.2 Å². The van der Waals surface area contributed by atoms with Crippen LogP contribution >= 0.6 is 0 Å². The van der Waals surface area contributed by atoms with Gasteiger partial charge in [-0.3, -0.25) is 13.7 Å². The molecule has 0 spiro atoms. The van der Waals surface area contributed by atoms with Gasteiger partial charge >= 0.3 is 10.4 Å². The highest BCUT2D eigenvalue weighted by Gasteiger charge is 2.20. The van der Waals surface area contributed by atoms with Crippen LogP contribution in [0.1, 0.15) is 0 Å². The summed E-state index contributed by atoms with van der Waals surface area (Å²) in [6.07, 6.45) is 0. The Morgan fingerprint density at radius 3 is 1.67 bits per heavy atom. The summed E-state index contributed by atoms with van der Waals surface area (Å²) in [5.41, 5.74) is 11.1. The zero-order valence-corrected chi connectivity index (χ0v) is 24.0. The van der Waals surface area contributed by atoms with Crippen LogP contribution in [0, 0.1) is 0 Å². The van der Waals surface area contributed by atoms with E-state index in [1.54, 1.807) is 0 Å². The van der Waals surface area contributed by atoms with E-state index in [1.165, 1.54) is 24.3 Å². The van der Waals surface area contributed by atoms with Crippen molar-refractivity contribution >= 4 is 74.6 Å². The molecule has 0 aliphatic heterocycles. The van der Waals surface area contributed by atoms with Crippen LogP contribution in [0.15, 0.2) is 89.7 Å². The second-order valence-corrected chi connectivity index (χ2v) is 14.0. The van der Waals surface area contributed by atoms with Gasteiger partial charge in [-0.15, -0.1) is 15.3 Å². The lowest BCUT2D eigenvalue weighted by Crippen LogP contribution is -2.15. The Kier molecular flexibility index (Phi) is 9.43. The molecule has 0 unspecified atom stereocenters. The van der Waals surface area contributed by atoms with E-state index in [0.29, 0.717) is 12.1 Å². The molecule has 0 amide bonds. The third kappa shape index (κ3) is 8.80. The summed E-state index contributed by atoms with van der Waals surface area (Å²) in [6.45, 7) is -0.804. The Morgan fingerprint density at radius 2 is 1.14 bits per heavy atom. The standard InChI is InChI=1S/C20H20N6O12S4/c21-15-10-16(22)18(25-26-19-9-14(40(29,30)31)5-6-20(19)41(32,33)34)11-17(15)24-23-12-1-3-13(4-2-12)39(27,28)8-7-38-42(35,36)37/h1-6,9-11H,7-8,21-22H2,(H,29,30,31)(H,32,33,34)(H,35,36,37). The van der Waals surface area contributed by atoms with Gasteiger partial charge in [0.15, 0.2) is 9.84 Å². The van der Waals surface area contributed by atoms with E-state index in [9.17, 15) is 42.8 Å². The van der Waals surface area contributed by atoms with Gasteiger partial charge in [0.1, 0.15) is 22.0 Å². The lowest BCUT2D eigenvalue weighted by molar-refractivity contribution is 0.284. The SMILES string of the molecule is Nc1cc(N)c(N=Nc2cc(S(=O)(=O)O)ccc2S(=O)(=O)O)cc1N=Nc1ccc(S(=O)(=O)CCOS(=O)(=O)O)cc1. The van der Waals surface area contributed by atoms with E-state index in [4.69, 9.17) is 16.0 Å². The number of anilines is 2. The fourth-order valence-corrected chi connectivity index (χ4v) is 5.64. The van der Waals surface area contributed by atoms with Crippen molar-refractivity contribution in [3.05, 3.63) is 54.6 Å². The van der Waals surface area contributed by atoms with Gasteiger partial charge in [-0.1, -0.05) is 0 Å². The van der Waals surface area contributed by atoms with Gasteiger partial charge in [0.2, 0.25) is 0 Å². The largest absolute Gasteiger partial charge is 0.397 e. The maximum Gasteiger partial charge on any atom is 0.397 e. The van der Waals surface area contributed by atoms with Crippen LogP contribution in [0.2, 0.25) is 0 Å². The number of sulfone groups is 1. The molecule has 0 aromatic heterocycles. The summed E-state index contributed by atoms with van der Waals surface area (Å²) in [6, 6.07) is 9.35. The third-order valence-corrected chi connectivity index (χ3v) is 8.91. The van der Waals surface area contributed by atoms with Crippen molar-refractivity contribution in [2.75, 3.05) is 23.8 Å². The summed E-state index contributed by atoms with van der Waals surface area (Å²) in [4.78, 5) is -1.74. The molecule has 0 heterocycles. The zero-order chi connectivity index (χ0) is 31.5. The molecule has 0 bridgehead atoms. The molecule has 0 saturated heterocycles. The summed E-state index contributed by atoms with van der Waals surface area (Å²) in [7, 11) is -18.4. The van der Waals surface area contributed by atoms with E-state index in [2.05, 4.69) is 24.6 Å². The van der Waals surface area contributed by atoms with Crippen LogP contribution < -0.4 is 11.5 Å². The van der Waals surface area contributed by atoms with Gasteiger partial charge in [-0.2, -0.15) is 30.4 Å². The van der Waals surface area contributed by atoms with Gasteiger partial charge < -0.3 is 11.5 Å². The first-order valence-corrected chi connectivity index (χ1v) is 16.7. The highest BCUT2D eigenvalue weighted by Crippen LogP contribution is 2.36. The zero-order valence-electron chi connectivity index (χ0n) is 20.7. The quantitative estimate of drug-likeness (QED) is 0.112. The van der Waals surface area contributed by atoms with Crippen LogP contribution in [0.25, 0.3) is 0 Å². The van der Waals surface area contributed by atoms with Crippen molar-refractivity contribution in [2.45, 2.75) is 14.7 Å². The minimum absolute atomic E-state index is 0.0141. The Morgan fingerprint density at radius 1 is 0.619 bits per heavy atom. The van der Waals surface area contributed by atoms with E-state index < -0.39 is 68.3 Å². The Bertz CT molecular complexity index is 2010. The number of hydrogen-bond acceptors (Lipinski definition) is 15. The van der Waals surface area contributed by atoms with E-state index in [0.717, 1.165) is 18.2 Å². The molecule has 0 saturated carbocycles. The number of nitrogens with zero attached hydrogens (tertiary/aromatic N) is 4. The molecule has 226 valence electrons. The molecule has 42 heavy (non-hydrogen) atoms. The highest BCUT2D eigenvalue weighted by molar-refractivity contribution is 7.91. The molecule has 3 aromatic carbocycles. The van der Waals surface area contributed by atoms with Crippen molar-refractivity contribution in [1.82, 2.24) is 0 Å². The fourth-order valence-electron chi connectivity index (χ4n) is 3.05. The van der Waals surface area contributed by atoms with Crippen molar-refractivity contribution in [3.63, 3.8) is 0 Å². The Hall–Kier alpha value is -3.90. The molecule has 0 fully saturated rings. The van der Waals surface area contributed by atoms with E-state index in [-0.39, 0.29) is 33.3 Å². The first kappa shape index (κ1) is 32.6. The predicted octanol–water partition coefficient (Wildman–Crippen LogP) is 2.77. The summed E-state index contributed by atoms with van der Waals surface area (Å²) < 4.78 is 123.